The number of fused-ring (bicyclic) bond motifs is 4. The van der Waals surface area contributed by atoms with Gasteiger partial charge < -0.3 is 4.98 Å². The minimum absolute atomic E-state index is 0.0529. The first kappa shape index (κ1) is 19.0. The number of H-pyrrole nitrogens is 1. The van der Waals surface area contributed by atoms with Crippen molar-refractivity contribution in [2.75, 3.05) is 0 Å². The Labute approximate surface area is 179 Å². The van der Waals surface area contributed by atoms with Gasteiger partial charge >= 0.3 is 0 Å². The van der Waals surface area contributed by atoms with Gasteiger partial charge in [0.2, 0.25) is 0 Å². The lowest BCUT2D eigenvalue weighted by molar-refractivity contribution is 0.509. The molecule has 6 nitrogen and oxygen atoms in total. The molecule has 0 aliphatic heterocycles. The Morgan fingerprint density at radius 3 is 2.97 bits per heavy atom. The Kier molecular flexibility index (Phi) is 4.64. The van der Waals surface area contributed by atoms with Gasteiger partial charge in [0.25, 0.3) is 11.1 Å². The summed E-state index contributed by atoms with van der Waals surface area (Å²) < 4.78 is 1.57. The van der Waals surface area contributed by atoms with Gasteiger partial charge in [-0.3, -0.25) is 14.2 Å². The van der Waals surface area contributed by atoms with E-state index in [-0.39, 0.29) is 16.4 Å². The Morgan fingerprint density at radius 2 is 2.14 bits per heavy atom. The molecule has 1 N–H and O–H groups in total. The number of aromatic amines is 1. The molecule has 5 rings (SSSR count). The van der Waals surface area contributed by atoms with Crippen molar-refractivity contribution in [2.24, 2.45) is 13.0 Å². The van der Waals surface area contributed by atoms with E-state index in [2.05, 4.69) is 16.9 Å². The molecule has 4 heterocycles. The molecule has 29 heavy (non-hydrogen) atoms. The highest BCUT2D eigenvalue weighted by Gasteiger charge is 2.24. The third-order valence-corrected chi connectivity index (χ3v) is 8.62. The average molecular weight is 445 g/mol. The number of aryl methyl sites for hydroxylation is 1. The molecule has 0 radical (unpaired) electrons. The number of nitrogens with one attached hydrogen (secondary N) is 1. The van der Waals surface area contributed by atoms with Crippen molar-refractivity contribution in [2.45, 2.75) is 43.5 Å². The fourth-order valence-electron chi connectivity index (χ4n) is 3.86. The van der Waals surface area contributed by atoms with E-state index in [1.54, 1.807) is 29.0 Å². The van der Waals surface area contributed by atoms with Crippen molar-refractivity contribution in [1.29, 1.82) is 0 Å². The van der Waals surface area contributed by atoms with Crippen LogP contribution < -0.4 is 11.1 Å². The van der Waals surface area contributed by atoms with Crippen LogP contribution in [0.4, 0.5) is 0 Å². The van der Waals surface area contributed by atoms with Gasteiger partial charge in [0.05, 0.1) is 16.0 Å². The van der Waals surface area contributed by atoms with Crippen molar-refractivity contribution in [3.63, 3.8) is 0 Å². The maximum atomic E-state index is 12.9. The Bertz CT molecular complexity index is 1360. The topological polar surface area (TPSA) is 80.6 Å². The van der Waals surface area contributed by atoms with Gasteiger partial charge in [-0.1, -0.05) is 18.7 Å². The first-order valence-electron chi connectivity index (χ1n) is 9.57. The Morgan fingerprint density at radius 1 is 1.31 bits per heavy atom. The predicted molar refractivity (Wildman–Crippen MR) is 121 cm³/mol. The minimum Gasteiger partial charge on any atom is -0.309 e. The van der Waals surface area contributed by atoms with Crippen LogP contribution in [0.1, 0.15) is 41.8 Å². The van der Waals surface area contributed by atoms with Crippen LogP contribution in [0.5, 0.6) is 0 Å². The van der Waals surface area contributed by atoms with Gasteiger partial charge in [0, 0.05) is 11.9 Å². The zero-order valence-corrected chi connectivity index (χ0v) is 18.8. The molecule has 4 aromatic heterocycles. The van der Waals surface area contributed by atoms with Crippen molar-refractivity contribution in [1.82, 2.24) is 19.5 Å². The van der Waals surface area contributed by atoms with E-state index in [4.69, 9.17) is 4.98 Å². The highest BCUT2D eigenvalue weighted by Crippen LogP contribution is 2.37. The van der Waals surface area contributed by atoms with E-state index in [0.29, 0.717) is 22.3 Å². The number of rotatable bonds is 3. The largest absolute Gasteiger partial charge is 0.309 e. The lowest BCUT2D eigenvalue weighted by Crippen LogP contribution is -2.20. The molecule has 9 heteroatoms. The summed E-state index contributed by atoms with van der Waals surface area (Å²) in [6, 6.07) is 1.81. The molecular formula is C20H20N4O2S3. The van der Waals surface area contributed by atoms with E-state index >= 15 is 0 Å². The Hall–Kier alpha value is -1.97. The number of aromatic nitrogens is 4. The summed E-state index contributed by atoms with van der Waals surface area (Å²) >= 11 is 4.55. The van der Waals surface area contributed by atoms with E-state index in [1.807, 2.05) is 12.3 Å². The summed E-state index contributed by atoms with van der Waals surface area (Å²) in [5.74, 6) is 1.28. The van der Waals surface area contributed by atoms with E-state index in [1.165, 1.54) is 33.5 Å². The van der Waals surface area contributed by atoms with Gasteiger partial charge in [0.1, 0.15) is 15.5 Å². The second-order valence-corrected chi connectivity index (χ2v) is 10.9. The molecule has 0 amide bonds. The molecule has 150 valence electrons. The summed E-state index contributed by atoms with van der Waals surface area (Å²) in [5.41, 5.74) is 1.08. The quantitative estimate of drug-likeness (QED) is 0.377. The third-order valence-electron chi connectivity index (χ3n) is 5.51. The molecule has 1 aliphatic rings. The minimum atomic E-state index is -0.138. The van der Waals surface area contributed by atoms with Crippen LogP contribution in [0.3, 0.4) is 0 Å². The van der Waals surface area contributed by atoms with Gasteiger partial charge in [-0.15, -0.1) is 22.7 Å². The molecular weight excluding hydrogens is 424 g/mol. The van der Waals surface area contributed by atoms with Gasteiger partial charge in [-0.25, -0.2) is 9.97 Å². The van der Waals surface area contributed by atoms with Gasteiger partial charge in [0.15, 0.2) is 5.16 Å². The lowest BCUT2D eigenvalue weighted by Gasteiger charge is -2.17. The SMILES string of the molecule is CC1CCc2c(sc3nc(C(C)Sc4nc5sccc5c(=O)n4C)[nH]c(=O)c23)C1. The highest BCUT2D eigenvalue weighted by molar-refractivity contribution is 7.99. The molecule has 0 spiro atoms. The average Bonchev–Trinajstić information content (AvgIpc) is 3.29. The standard InChI is InChI=1S/C20H20N4O2S3/c1-9-4-5-11-13(8-9)29-18-14(11)16(25)21-15(22-18)10(2)28-20-23-17-12(6-7-27-17)19(26)24(20)3/h6-7,9-10H,4-5,8H2,1-3H3,(H,21,22,25). The van der Waals surface area contributed by atoms with Crippen LogP contribution in [0.2, 0.25) is 0 Å². The Balaban J connectivity index is 1.53. The van der Waals surface area contributed by atoms with Crippen molar-refractivity contribution in [3.05, 3.63) is 48.4 Å². The maximum absolute atomic E-state index is 12.9. The van der Waals surface area contributed by atoms with Crippen LogP contribution in [0.15, 0.2) is 26.2 Å². The van der Waals surface area contributed by atoms with Crippen LogP contribution in [-0.2, 0) is 19.9 Å². The maximum Gasteiger partial charge on any atom is 0.262 e. The van der Waals surface area contributed by atoms with Crippen LogP contribution in [0, 0.1) is 5.92 Å². The van der Waals surface area contributed by atoms with Gasteiger partial charge in [-0.2, -0.15) is 0 Å². The fraction of sp³-hybridized carbons (Fsp3) is 0.400. The first-order chi connectivity index (χ1) is 13.9. The number of thiophene rings is 2. The lowest BCUT2D eigenvalue weighted by atomic mass is 9.89. The highest BCUT2D eigenvalue weighted by atomic mass is 32.2. The molecule has 4 aromatic rings. The van der Waals surface area contributed by atoms with Crippen molar-refractivity contribution in [3.8, 4) is 0 Å². The molecule has 1 aliphatic carbocycles. The number of hydrogen-bond donors (Lipinski definition) is 1. The second-order valence-electron chi connectivity index (χ2n) is 7.64. The van der Waals surface area contributed by atoms with Crippen LogP contribution in [0.25, 0.3) is 20.4 Å². The molecule has 0 bridgehead atoms. The molecule has 2 atom stereocenters. The monoisotopic (exact) mass is 444 g/mol. The molecule has 0 aromatic carbocycles. The number of nitrogens with zero attached hydrogens (tertiary/aromatic N) is 3. The van der Waals surface area contributed by atoms with E-state index in [0.717, 1.165) is 34.3 Å². The molecule has 0 saturated heterocycles. The number of thioether (sulfide) groups is 1. The van der Waals surface area contributed by atoms with E-state index < -0.39 is 0 Å². The zero-order chi connectivity index (χ0) is 20.3. The zero-order valence-electron chi connectivity index (χ0n) is 16.3. The smallest absolute Gasteiger partial charge is 0.262 e. The first-order valence-corrected chi connectivity index (χ1v) is 12.1. The van der Waals surface area contributed by atoms with Crippen LogP contribution >= 0.6 is 34.4 Å². The molecule has 2 unspecified atom stereocenters. The normalized spacial score (nSPS) is 17.7. The summed E-state index contributed by atoms with van der Waals surface area (Å²) in [6.45, 7) is 4.24. The summed E-state index contributed by atoms with van der Waals surface area (Å²) in [6.07, 6.45) is 3.11. The molecule has 0 fully saturated rings. The van der Waals surface area contributed by atoms with Crippen molar-refractivity contribution < 1.29 is 0 Å². The van der Waals surface area contributed by atoms with E-state index in [9.17, 15) is 9.59 Å². The number of hydrogen-bond acceptors (Lipinski definition) is 7. The predicted octanol–water partition coefficient (Wildman–Crippen LogP) is 4.27. The summed E-state index contributed by atoms with van der Waals surface area (Å²) in [7, 11) is 1.73. The van der Waals surface area contributed by atoms with Crippen molar-refractivity contribution >= 4 is 54.9 Å². The fourth-order valence-corrected chi connectivity index (χ4v) is 6.98. The summed E-state index contributed by atoms with van der Waals surface area (Å²) in [4.78, 5) is 40.7. The molecule has 0 saturated carbocycles. The third kappa shape index (κ3) is 3.15. The second kappa shape index (κ2) is 7.07. The van der Waals surface area contributed by atoms with Crippen LogP contribution in [-0.4, -0.2) is 19.5 Å². The summed E-state index contributed by atoms with van der Waals surface area (Å²) in [5, 5.41) is 3.77. The van der Waals surface area contributed by atoms with Gasteiger partial charge in [-0.05, 0) is 49.1 Å².